The highest BCUT2D eigenvalue weighted by molar-refractivity contribution is 7.21. The van der Waals surface area contributed by atoms with Gasteiger partial charge >= 0.3 is 0 Å². The van der Waals surface area contributed by atoms with Gasteiger partial charge in [-0.1, -0.05) is 13.8 Å². The fourth-order valence-corrected chi connectivity index (χ4v) is 4.80. The van der Waals surface area contributed by atoms with Gasteiger partial charge in [0.25, 0.3) is 11.8 Å². The number of carbonyl (C=O) groups is 2. The monoisotopic (exact) mass is 357 g/mol. The quantitative estimate of drug-likeness (QED) is 0.787. The van der Waals surface area contributed by atoms with Gasteiger partial charge in [-0.2, -0.15) is 0 Å². The zero-order chi connectivity index (χ0) is 17.6. The minimum absolute atomic E-state index is 0.00511. The van der Waals surface area contributed by atoms with E-state index in [9.17, 15) is 9.59 Å². The largest absolute Gasteiger partial charge is 0.351 e. The van der Waals surface area contributed by atoms with Crippen molar-refractivity contribution in [3.8, 4) is 0 Å². The molecule has 25 heavy (non-hydrogen) atoms. The fraction of sp³-hybridized carbons (Fsp3) is 0.474. The van der Waals surface area contributed by atoms with Crippen LogP contribution in [0.3, 0.4) is 0 Å². The van der Waals surface area contributed by atoms with E-state index < -0.39 is 0 Å². The van der Waals surface area contributed by atoms with Crippen LogP contribution in [0.2, 0.25) is 0 Å². The van der Waals surface area contributed by atoms with Gasteiger partial charge in [-0.25, -0.2) is 0 Å². The molecule has 1 aliphatic carbocycles. The Bertz CT molecular complexity index is 843. The summed E-state index contributed by atoms with van der Waals surface area (Å²) in [5.74, 6) is -0.0205. The van der Waals surface area contributed by atoms with Gasteiger partial charge in [0.1, 0.15) is 0 Å². The number of carbonyl (C=O) groups excluding carboxylic acids is 2. The standard InChI is InChI=1S/C19H23N3O2S/c1-10(2)21-14-4-5-15(14)22-18(23)11-3-6-16-13(9-11)12-7-8-20-19(24)17(12)25-16/h3,6,9-10,14-15,21H,4-5,7-8H2,1-2H3,(H,20,24)(H,22,23)/t14-,15+/m1/s1. The van der Waals surface area contributed by atoms with Crippen molar-refractivity contribution in [2.75, 3.05) is 6.54 Å². The number of fused-ring (bicyclic) bond motifs is 3. The summed E-state index contributed by atoms with van der Waals surface area (Å²) >= 11 is 1.51. The number of amides is 2. The highest BCUT2D eigenvalue weighted by Crippen LogP contribution is 2.34. The molecule has 2 aliphatic rings. The molecule has 1 fully saturated rings. The van der Waals surface area contributed by atoms with Crippen molar-refractivity contribution >= 4 is 33.2 Å². The summed E-state index contributed by atoms with van der Waals surface area (Å²) in [4.78, 5) is 25.5. The zero-order valence-corrected chi connectivity index (χ0v) is 15.3. The Kier molecular flexibility index (Phi) is 4.25. The van der Waals surface area contributed by atoms with Gasteiger partial charge in [-0.3, -0.25) is 9.59 Å². The predicted molar refractivity (Wildman–Crippen MR) is 100 cm³/mol. The predicted octanol–water partition coefficient (Wildman–Crippen LogP) is 2.45. The molecule has 3 N–H and O–H groups in total. The minimum atomic E-state index is -0.0256. The van der Waals surface area contributed by atoms with E-state index in [1.165, 1.54) is 11.3 Å². The molecule has 2 atom stereocenters. The lowest BCUT2D eigenvalue weighted by atomic mass is 9.85. The van der Waals surface area contributed by atoms with Crippen molar-refractivity contribution in [3.05, 3.63) is 34.2 Å². The van der Waals surface area contributed by atoms with Crippen molar-refractivity contribution in [3.63, 3.8) is 0 Å². The van der Waals surface area contributed by atoms with E-state index in [-0.39, 0.29) is 17.9 Å². The zero-order valence-electron chi connectivity index (χ0n) is 14.5. The third-order valence-corrected chi connectivity index (χ3v) is 6.27. The highest BCUT2D eigenvalue weighted by atomic mass is 32.1. The maximum absolute atomic E-state index is 12.7. The first kappa shape index (κ1) is 16.5. The van der Waals surface area contributed by atoms with Crippen molar-refractivity contribution in [1.82, 2.24) is 16.0 Å². The fourth-order valence-electron chi connectivity index (χ4n) is 3.65. The second-order valence-corrected chi connectivity index (χ2v) is 8.26. The maximum Gasteiger partial charge on any atom is 0.261 e. The third-order valence-electron chi connectivity index (χ3n) is 5.06. The summed E-state index contributed by atoms with van der Waals surface area (Å²) in [6, 6.07) is 6.76. The number of rotatable bonds is 4. The molecule has 1 aliphatic heterocycles. The average Bonchev–Trinajstić information content (AvgIpc) is 2.96. The molecule has 4 rings (SSSR count). The SMILES string of the molecule is CC(C)N[C@@H]1CC[C@@H]1NC(=O)c1ccc2sc3c(c2c1)CCNC3=O. The van der Waals surface area contributed by atoms with Gasteiger partial charge in [0.15, 0.2) is 0 Å². The molecule has 5 nitrogen and oxygen atoms in total. The van der Waals surface area contributed by atoms with Crippen LogP contribution < -0.4 is 16.0 Å². The van der Waals surface area contributed by atoms with Gasteiger partial charge in [0.05, 0.1) is 4.88 Å². The van der Waals surface area contributed by atoms with Gasteiger partial charge in [-0.05, 0) is 48.4 Å². The Morgan fingerprint density at radius 3 is 2.80 bits per heavy atom. The molecule has 0 unspecified atom stereocenters. The van der Waals surface area contributed by atoms with E-state index in [1.807, 2.05) is 18.2 Å². The maximum atomic E-state index is 12.7. The first-order valence-corrected chi connectivity index (χ1v) is 9.75. The summed E-state index contributed by atoms with van der Waals surface area (Å²) < 4.78 is 1.07. The molecule has 2 aromatic rings. The average molecular weight is 357 g/mol. The summed E-state index contributed by atoms with van der Waals surface area (Å²) in [6.07, 6.45) is 2.96. The Labute approximate surface area is 151 Å². The summed E-state index contributed by atoms with van der Waals surface area (Å²) in [7, 11) is 0. The summed E-state index contributed by atoms with van der Waals surface area (Å²) in [5.41, 5.74) is 1.76. The lowest BCUT2D eigenvalue weighted by Gasteiger charge is -2.39. The molecule has 1 aromatic carbocycles. The third kappa shape index (κ3) is 3.04. The van der Waals surface area contributed by atoms with Gasteiger partial charge < -0.3 is 16.0 Å². The Hall–Kier alpha value is -1.92. The van der Waals surface area contributed by atoms with Gasteiger partial charge in [0, 0.05) is 34.9 Å². The van der Waals surface area contributed by atoms with Crippen LogP contribution in [0.4, 0.5) is 0 Å². The molecule has 6 heteroatoms. The van der Waals surface area contributed by atoms with Crippen molar-refractivity contribution in [2.24, 2.45) is 0 Å². The molecule has 1 saturated carbocycles. The lowest BCUT2D eigenvalue weighted by molar-refractivity contribution is 0.0890. The van der Waals surface area contributed by atoms with Gasteiger partial charge in [0.2, 0.25) is 0 Å². The van der Waals surface area contributed by atoms with Crippen LogP contribution in [0.25, 0.3) is 10.1 Å². The highest BCUT2D eigenvalue weighted by Gasteiger charge is 2.32. The van der Waals surface area contributed by atoms with Crippen LogP contribution in [-0.4, -0.2) is 36.5 Å². The summed E-state index contributed by atoms with van der Waals surface area (Å²) in [5, 5.41) is 10.6. The van der Waals surface area contributed by atoms with Crippen molar-refractivity contribution in [1.29, 1.82) is 0 Å². The molecule has 132 valence electrons. The molecule has 0 radical (unpaired) electrons. The number of hydrogen-bond donors (Lipinski definition) is 3. The Morgan fingerprint density at radius 1 is 1.28 bits per heavy atom. The van der Waals surface area contributed by atoms with E-state index in [0.717, 1.165) is 39.8 Å². The molecule has 2 amide bonds. The molecular formula is C19H23N3O2S. The molecule has 0 saturated heterocycles. The van der Waals surface area contributed by atoms with E-state index in [4.69, 9.17) is 0 Å². The van der Waals surface area contributed by atoms with E-state index in [0.29, 0.717) is 24.2 Å². The van der Waals surface area contributed by atoms with Crippen LogP contribution in [0.1, 0.15) is 52.3 Å². The number of benzene rings is 1. The number of hydrogen-bond acceptors (Lipinski definition) is 4. The topological polar surface area (TPSA) is 70.2 Å². The Morgan fingerprint density at radius 2 is 2.08 bits per heavy atom. The first-order valence-electron chi connectivity index (χ1n) is 8.93. The van der Waals surface area contributed by atoms with Crippen LogP contribution in [-0.2, 0) is 6.42 Å². The molecule has 1 aromatic heterocycles. The van der Waals surface area contributed by atoms with Crippen LogP contribution >= 0.6 is 11.3 Å². The lowest BCUT2D eigenvalue weighted by Crippen LogP contribution is -2.58. The van der Waals surface area contributed by atoms with Crippen molar-refractivity contribution in [2.45, 2.75) is 51.2 Å². The summed E-state index contributed by atoms with van der Waals surface area (Å²) in [6.45, 7) is 4.92. The normalized spacial score (nSPS) is 22.4. The number of thiophene rings is 1. The van der Waals surface area contributed by atoms with Crippen LogP contribution in [0, 0.1) is 0 Å². The van der Waals surface area contributed by atoms with E-state index in [2.05, 4.69) is 29.8 Å². The smallest absolute Gasteiger partial charge is 0.261 e. The van der Waals surface area contributed by atoms with Crippen LogP contribution in [0.5, 0.6) is 0 Å². The Balaban J connectivity index is 1.55. The first-order chi connectivity index (χ1) is 12.0. The molecular weight excluding hydrogens is 334 g/mol. The molecule has 2 heterocycles. The molecule has 0 spiro atoms. The number of nitrogens with one attached hydrogen (secondary N) is 3. The second-order valence-electron chi connectivity index (χ2n) is 7.21. The van der Waals surface area contributed by atoms with E-state index in [1.54, 1.807) is 0 Å². The van der Waals surface area contributed by atoms with E-state index >= 15 is 0 Å². The minimum Gasteiger partial charge on any atom is -0.351 e. The van der Waals surface area contributed by atoms with Crippen molar-refractivity contribution < 1.29 is 9.59 Å². The van der Waals surface area contributed by atoms with Gasteiger partial charge in [-0.15, -0.1) is 11.3 Å². The second kappa shape index (κ2) is 6.42. The van der Waals surface area contributed by atoms with Crippen LogP contribution in [0.15, 0.2) is 18.2 Å². The molecule has 0 bridgehead atoms.